The second-order valence-electron chi connectivity index (χ2n) is 5.73. The zero-order valence-corrected chi connectivity index (χ0v) is 12.7. The van der Waals surface area contributed by atoms with E-state index in [-0.39, 0.29) is 11.4 Å². The van der Waals surface area contributed by atoms with Crippen molar-refractivity contribution >= 4 is 18.3 Å². The minimum atomic E-state index is -0.807. The van der Waals surface area contributed by atoms with Gasteiger partial charge in [0.25, 0.3) is 0 Å². The van der Waals surface area contributed by atoms with E-state index in [9.17, 15) is 5.11 Å². The number of rotatable bonds is 3. The minimum absolute atomic E-state index is 0.148. The molecule has 2 atom stereocenters. The van der Waals surface area contributed by atoms with Crippen LogP contribution in [0.1, 0.15) is 31.6 Å². The predicted molar refractivity (Wildman–Crippen MR) is 82.1 cm³/mol. The van der Waals surface area contributed by atoms with Crippen LogP contribution in [0.5, 0.6) is 0 Å². The molecule has 4 heteroatoms. The summed E-state index contributed by atoms with van der Waals surface area (Å²) in [5.41, 5.74) is 1.59. The van der Waals surface area contributed by atoms with Gasteiger partial charge >= 0.3 is 0 Å². The van der Waals surface area contributed by atoms with Gasteiger partial charge < -0.3 is 14.7 Å². The van der Waals surface area contributed by atoms with Gasteiger partial charge in [0.2, 0.25) is 0 Å². The summed E-state index contributed by atoms with van der Waals surface area (Å²) < 4.78 is 5.65. The van der Waals surface area contributed by atoms with Crippen molar-refractivity contribution < 1.29 is 9.84 Å². The van der Waals surface area contributed by atoms with Crippen molar-refractivity contribution in [2.45, 2.75) is 37.7 Å². The van der Waals surface area contributed by atoms with Crippen molar-refractivity contribution in [3.8, 4) is 0 Å². The van der Waals surface area contributed by atoms with Crippen LogP contribution in [0.3, 0.4) is 0 Å². The predicted octanol–water partition coefficient (Wildman–Crippen LogP) is 2.65. The van der Waals surface area contributed by atoms with E-state index in [1.165, 1.54) is 11.3 Å². The Bertz CT molecular complexity index is 411. The van der Waals surface area contributed by atoms with Crippen molar-refractivity contribution in [1.29, 1.82) is 0 Å². The SMILES string of the molecule is CC(S)c1ccc(N2CCO[C@H](C(C)(C)O)C2)cc1. The van der Waals surface area contributed by atoms with Crippen LogP contribution in [0.25, 0.3) is 0 Å². The van der Waals surface area contributed by atoms with E-state index in [2.05, 4.69) is 48.7 Å². The number of hydrogen-bond donors (Lipinski definition) is 2. The monoisotopic (exact) mass is 281 g/mol. The molecule has 1 aromatic carbocycles. The summed E-state index contributed by atoms with van der Waals surface area (Å²) >= 11 is 4.43. The second-order valence-corrected chi connectivity index (χ2v) is 6.50. The summed E-state index contributed by atoms with van der Waals surface area (Å²) in [6.45, 7) is 7.90. The maximum atomic E-state index is 10.1. The number of anilines is 1. The standard InChI is InChI=1S/C15H23NO2S/c1-11(19)12-4-6-13(7-5-12)16-8-9-18-14(10-16)15(2,3)17/h4-7,11,14,17,19H,8-10H2,1-3H3/t11?,14-/m0/s1. The van der Waals surface area contributed by atoms with Crippen molar-refractivity contribution in [1.82, 2.24) is 0 Å². The molecule has 3 nitrogen and oxygen atoms in total. The van der Waals surface area contributed by atoms with Crippen molar-refractivity contribution in [3.63, 3.8) is 0 Å². The van der Waals surface area contributed by atoms with Crippen molar-refractivity contribution in [3.05, 3.63) is 29.8 Å². The van der Waals surface area contributed by atoms with E-state index in [0.29, 0.717) is 6.61 Å². The summed E-state index contributed by atoms with van der Waals surface area (Å²) in [5, 5.41) is 10.3. The summed E-state index contributed by atoms with van der Waals surface area (Å²) in [7, 11) is 0. The zero-order valence-electron chi connectivity index (χ0n) is 11.8. The fourth-order valence-corrected chi connectivity index (χ4v) is 2.45. The first kappa shape index (κ1) is 14.7. The van der Waals surface area contributed by atoms with E-state index in [1.807, 2.05) is 0 Å². The van der Waals surface area contributed by atoms with Gasteiger partial charge in [-0.3, -0.25) is 0 Å². The third-order valence-electron chi connectivity index (χ3n) is 3.60. The highest BCUT2D eigenvalue weighted by Crippen LogP contribution is 2.25. The molecule has 1 aromatic rings. The van der Waals surface area contributed by atoms with E-state index in [0.717, 1.165) is 13.1 Å². The van der Waals surface area contributed by atoms with Gasteiger partial charge in [0.1, 0.15) is 6.10 Å². The topological polar surface area (TPSA) is 32.7 Å². The normalized spacial score (nSPS) is 22.4. The number of nitrogens with zero attached hydrogens (tertiary/aromatic N) is 1. The first-order valence-corrected chi connectivity index (χ1v) is 7.26. The summed E-state index contributed by atoms with van der Waals surface area (Å²) in [6, 6.07) is 8.47. The lowest BCUT2D eigenvalue weighted by atomic mass is 10.00. The van der Waals surface area contributed by atoms with Gasteiger partial charge in [0, 0.05) is 24.0 Å². The molecule has 19 heavy (non-hydrogen) atoms. The van der Waals surface area contributed by atoms with Gasteiger partial charge in [-0.15, -0.1) is 0 Å². The number of benzene rings is 1. The number of thiol groups is 1. The Balaban J connectivity index is 2.09. The van der Waals surface area contributed by atoms with Crippen molar-refractivity contribution in [2.75, 3.05) is 24.6 Å². The molecule has 2 rings (SSSR count). The Morgan fingerprint density at radius 2 is 2.00 bits per heavy atom. The van der Waals surface area contributed by atoms with E-state index in [4.69, 9.17) is 4.74 Å². The van der Waals surface area contributed by atoms with E-state index in [1.54, 1.807) is 13.8 Å². The average molecular weight is 281 g/mol. The van der Waals surface area contributed by atoms with Gasteiger partial charge in [-0.05, 0) is 38.5 Å². The van der Waals surface area contributed by atoms with Crippen LogP contribution in [0.4, 0.5) is 5.69 Å². The van der Waals surface area contributed by atoms with Crippen molar-refractivity contribution in [2.24, 2.45) is 0 Å². The first-order valence-electron chi connectivity index (χ1n) is 6.75. The molecule has 1 aliphatic heterocycles. The number of ether oxygens (including phenoxy) is 1. The second kappa shape index (κ2) is 5.73. The van der Waals surface area contributed by atoms with Crippen LogP contribution in [-0.2, 0) is 4.74 Å². The molecule has 106 valence electrons. The molecule has 1 fully saturated rings. The van der Waals surface area contributed by atoms with Crippen LogP contribution in [-0.4, -0.2) is 36.5 Å². The molecule has 0 radical (unpaired) electrons. The third-order valence-corrected chi connectivity index (χ3v) is 3.89. The highest BCUT2D eigenvalue weighted by molar-refractivity contribution is 7.80. The molecule has 1 aliphatic rings. The number of aliphatic hydroxyl groups is 1. The molecular formula is C15H23NO2S. The quantitative estimate of drug-likeness (QED) is 0.836. The molecule has 1 saturated heterocycles. The average Bonchev–Trinajstić information content (AvgIpc) is 2.38. The van der Waals surface area contributed by atoms with Crippen LogP contribution >= 0.6 is 12.6 Å². The Labute approximate surface area is 121 Å². The summed E-state index contributed by atoms with van der Waals surface area (Å²) in [4.78, 5) is 2.26. The maximum absolute atomic E-state index is 10.1. The Morgan fingerprint density at radius 1 is 1.37 bits per heavy atom. The van der Waals surface area contributed by atoms with E-state index >= 15 is 0 Å². The highest BCUT2D eigenvalue weighted by Gasteiger charge is 2.32. The molecule has 0 aliphatic carbocycles. The number of morpholine rings is 1. The smallest absolute Gasteiger partial charge is 0.103 e. The first-order chi connectivity index (χ1) is 8.88. The molecule has 0 aromatic heterocycles. The van der Waals surface area contributed by atoms with Crippen LogP contribution in [0, 0.1) is 0 Å². The Kier molecular flexibility index (Phi) is 4.43. The molecule has 1 N–H and O–H groups in total. The molecular weight excluding hydrogens is 258 g/mol. The van der Waals surface area contributed by atoms with Crippen LogP contribution in [0.2, 0.25) is 0 Å². The fourth-order valence-electron chi connectivity index (χ4n) is 2.27. The zero-order chi connectivity index (χ0) is 14.0. The van der Waals surface area contributed by atoms with Gasteiger partial charge in [0.05, 0.1) is 12.2 Å². The lowest BCUT2D eigenvalue weighted by Crippen LogP contribution is -2.52. The fraction of sp³-hybridized carbons (Fsp3) is 0.600. The van der Waals surface area contributed by atoms with E-state index < -0.39 is 5.60 Å². The molecule has 0 bridgehead atoms. The minimum Gasteiger partial charge on any atom is -0.388 e. The number of hydrogen-bond acceptors (Lipinski definition) is 4. The largest absolute Gasteiger partial charge is 0.388 e. The van der Waals surface area contributed by atoms with Gasteiger partial charge in [-0.2, -0.15) is 12.6 Å². The lowest BCUT2D eigenvalue weighted by Gasteiger charge is -2.39. The maximum Gasteiger partial charge on any atom is 0.103 e. The highest BCUT2D eigenvalue weighted by atomic mass is 32.1. The van der Waals surface area contributed by atoms with Crippen LogP contribution in [0.15, 0.2) is 24.3 Å². The summed E-state index contributed by atoms with van der Waals surface area (Å²) in [5.74, 6) is 0. The molecule has 0 spiro atoms. The molecule has 0 saturated carbocycles. The van der Waals surface area contributed by atoms with Gasteiger partial charge in [-0.25, -0.2) is 0 Å². The Morgan fingerprint density at radius 3 is 2.53 bits per heavy atom. The van der Waals surface area contributed by atoms with Crippen LogP contribution < -0.4 is 4.90 Å². The van der Waals surface area contributed by atoms with Gasteiger partial charge in [-0.1, -0.05) is 12.1 Å². The summed E-state index contributed by atoms with van der Waals surface area (Å²) in [6.07, 6.45) is -0.148. The lowest BCUT2D eigenvalue weighted by molar-refractivity contribution is -0.0927. The third kappa shape index (κ3) is 3.65. The Hall–Kier alpha value is -0.710. The molecule has 0 amide bonds. The molecule has 1 heterocycles. The molecule has 1 unspecified atom stereocenters. The van der Waals surface area contributed by atoms with Gasteiger partial charge in [0.15, 0.2) is 0 Å².